The molecule has 1 amide bonds. The van der Waals surface area contributed by atoms with E-state index in [1.165, 1.54) is 18.5 Å². The molecule has 1 heterocycles. The summed E-state index contributed by atoms with van der Waals surface area (Å²) in [6, 6.07) is 7.88. The van der Waals surface area contributed by atoms with Crippen molar-refractivity contribution in [2.75, 3.05) is 0 Å². The first-order chi connectivity index (χ1) is 9.58. The Labute approximate surface area is 115 Å². The molecular weight excluding hydrogens is 280 g/mol. The van der Waals surface area contributed by atoms with E-state index in [0.717, 1.165) is 11.5 Å². The lowest BCUT2D eigenvalue weighted by atomic mass is 10.4. The van der Waals surface area contributed by atoms with Crippen molar-refractivity contribution in [2.45, 2.75) is 11.4 Å². The summed E-state index contributed by atoms with van der Waals surface area (Å²) >= 11 is 0. The Morgan fingerprint density at radius 1 is 1.30 bits per heavy atom. The molecule has 20 heavy (non-hydrogen) atoms. The number of carbonyl (C=O) groups excluding carboxylic acids is 1. The number of nitrogens with zero attached hydrogens (tertiary/aromatic N) is 2. The Hall–Kier alpha value is -2.48. The zero-order valence-electron chi connectivity index (χ0n) is 10.4. The second-order valence-corrected chi connectivity index (χ2v) is 5.64. The molecule has 0 aliphatic rings. The van der Waals surface area contributed by atoms with E-state index < -0.39 is 15.7 Å². The third-order valence-corrected chi connectivity index (χ3v) is 3.79. The van der Waals surface area contributed by atoms with Gasteiger partial charge in [-0.3, -0.25) is 9.89 Å². The predicted molar refractivity (Wildman–Crippen MR) is 71.0 cm³/mol. The summed E-state index contributed by atoms with van der Waals surface area (Å²) in [5, 5.41) is 9.55. The Balaban J connectivity index is 1.96. The molecule has 0 saturated heterocycles. The van der Waals surface area contributed by atoms with Crippen LogP contribution in [0.3, 0.4) is 0 Å². The average molecular weight is 292 g/mol. The lowest BCUT2D eigenvalue weighted by Gasteiger charge is -1.99. The van der Waals surface area contributed by atoms with Gasteiger partial charge in [0.15, 0.2) is 9.84 Å². The van der Waals surface area contributed by atoms with E-state index in [0.29, 0.717) is 5.82 Å². The lowest BCUT2D eigenvalue weighted by molar-refractivity contribution is -0.116. The van der Waals surface area contributed by atoms with Crippen LogP contribution < -0.4 is 5.32 Å². The maximum Gasteiger partial charge on any atom is 0.245 e. The van der Waals surface area contributed by atoms with Crippen LogP contribution in [-0.4, -0.2) is 29.5 Å². The first-order valence-electron chi connectivity index (χ1n) is 5.68. The molecule has 7 nitrogen and oxygen atoms in total. The zero-order chi connectivity index (χ0) is 14.4. The number of aromatic nitrogens is 3. The second kappa shape index (κ2) is 6.11. The fourth-order valence-electron chi connectivity index (χ4n) is 1.39. The van der Waals surface area contributed by atoms with E-state index in [4.69, 9.17) is 0 Å². The molecular formula is C12H12N4O3S. The van der Waals surface area contributed by atoms with Crippen LogP contribution in [0.25, 0.3) is 0 Å². The fourth-order valence-corrected chi connectivity index (χ4v) is 2.38. The van der Waals surface area contributed by atoms with Gasteiger partial charge in [0.25, 0.3) is 0 Å². The van der Waals surface area contributed by atoms with Crippen LogP contribution in [0, 0.1) is 0 Å². The van der Waals surface area contributed by atoms with Crippen molar-refractivity contribution >= 4 is 15.7 Å². The number of hydrogen-bond donors (Lipinski definition) is 2. The van der Waals surface area contributed by atoms with Crippen LogP contribution in [0.4, 0.5) is 0 Å². The third kappa shape index (κ3) is 3.75. The molecule has 0 unspecified atom stereocenters. The molecule has 0 saturated carbocycles. The summed E-state index contributed by atoms with van der Waals surface area (Å²) in [5.41, 5.74) is 0. The minimum Gasteiger partial charge on any atom is -0.345 e. The fraction of sp³-hybridized carbons (Fsp3) is 0.0833. The number of rotatable bonds is 5. The van der Waals surface area contributed by atoms with Crippen LogP contribution >= 0.6 is 0 Å². The van der Waals surface area contributed by atoms with Gasteiger partial charge >= 0.3 is 0 Å². The number of hydrogen-bond acceptors (Lipinski definition) is 5. The molecule has 2 N–H and O–H groups in total. The Morgan fingerprint density at radius 3 is 2.70 bits per heavy atom. The Morgan fingerprint density at radius 2 is 2.05 bits per heavy atom. The van der Waals surface area contributed by atoms with E-state index in [1.54, 1.807) is 18.2 Å². The average Bonchev–Trinajstić information content (AvgIpc) is 2.97. The zero-order valence-corrected chi connectivity index (χ0v) is 11.2. The maximum atomic E-state index is 11.9. The highest BCUT2D eigenvalue weighted by Crippen LogP contribution is 2.10. The Kier molecular flexibility index (Phi) is 4.26. The monoisotopic (exact) mass is 292 g/mol. The van der Waals surface area contributed by atoms with Gasteiger partial charge in [-0.1, -0.05) is 18.2 Å². The van der Waals surface area contributed by atoms with Gasteiger partial charge in [-0.05, 0) is 12.1 Å². The smallest absolute Gasteiger partial charge is 0.245 e. The number of benzene rings is 1. The molecule has 8 heteroatoms. The molecule has 0 bridgehead atoms. The number of carbonyl (C=O) groups is 1. The summed E-state index contributed by atoms with van der Waals surface area (Å²) in [4.78, 5) is 15.5. The normalized spacial score (nSPS) is 11.6. The highest BCUT2D eigenvalue weighted by molar-refractivity contribution is 7.94. The van der Waals surface area contributed by atoms with E-state index in [2.05, 4.69) is 20.5 Å². The molecule has 2 aromatic rings. The molecule has 0 aliphatic carbocycles. The van der Waals surface area contributed by atoms with E-state index in [1.807, 2.05) is 0 Å². The number of amides is 1. The highest BCUT2D eigenvalue weighted by atomic mass is 32.2. The van der Waals surface area contributed by atoms with Crippen molar-refractivity contribution in [2.24, 2.45) is 0 Å². The van der Waals surface area contributed by atoms with E-state index in [-0.39, 0.29) is 11.4 Å². The van der Waals surface area contributed by atoms with Crippen molar-refractivity contribution in [1.29, 1.82) is 0 Å². The molecule has 104 valence electrons. The molecule has 1 aromatic heterocycles. The minimum atomic E-state index is -3.60. The van der Waals surface area contributed by atoms with Gasteiger partial charge in [0.1, 0.15) is 12.2 Å². The van der Waals surface area contributed by atoms with Crippen LogP contribution in [0.2, 0.25) is 0 Å². The third-order valence-electron chi connectivity index (χ3n) is 2.37. The SMILES string of the molecule is O=C(/C=C/S(=O)(=O)c1ccccc1)NCc1ncn[nH]1. The van der Waals surface area contributed by atoms with E-state index in [9.17, 15) is 13.2 Å². The Bertz CT molecular complexity index is 694. The van der Waals surface area contributed by atoms with Crippen molar-refractivity contribution in [3.05, 3.63) is 54.0 Å². The largest absolute Gasteiger partial charge is 0.345 e. The quantitative estimate of drug-likeness (QED) is 0.776. The summed E-state index contributed by atoms with van der Waals surface area (Å²) in [6.07, 6.45) is 2.29. The van der Waals surface area contributed by atoms with Crippen molar-refractivity contribution < 1.29 is 13.2 Å². The van der Waals surface area contributed by atoms with Crippen molar-refractivity contribution in [3.8, 4) is 0 Å². The number of aromatic amines is 1. The first kappa shape index (κ1) is 13.9. The lowest BCUT2D eigenvalue weighted by Crippen LogP contribution is -2.21. The number of nitrogens with one attached hydrogen (secondary N) is 2. The summed E-state index contributed by atoms with van der Waals surface area (Å²) < 4.78 is 23.7. The van der Waals surface area contributed by atoms with Gasteiger partial charge in [-0.15, -0.1) is 0 Å². The van der Waals surface area contributed by atoms with Gasteiger partial charge in [-0.2, -0.15) is 5.10 Å². The van der Waals surface area contributed by atoms with Crippen LogP contribution in [0.5, 0.6) is 0 Å². The van der Waals surface area contributed by atoms with Crippen LogP contribution in [0.15, 0.2) is 53.0 Å². The molecule has 1 aromatic carbocycles. The minimum absolute atomic E-state index is 0.138. The summed E-state index contributed by atoms with van der Waals surface area (Å²) in [5.74, 6) is -0.0430. The molecule has 0 radical (unpaired) electrons. The molecule has 0 aliphatic heterocycles. The molecule has 2 rings (SSSR count). The van der Waals surface area contributed by atoms with Gasteiger partial charge < -0.3 is 5.32 Å². The molecule has 0 fully saturated rings. The van der Waals surface area contributed by atoms with Crippen LogP contribution in [0.1, 0.15) is 5.82 Å². The highest BCUT2D eigenvalue weighted by Gasteiger charge is 2.09. The van der Waals surface area contributed by atoms with Gasteiger partial charge in [0.05, 0.1) is 11.4 Å². The van der Waals surface area contributed by atoms with Crippen LogP contribution in [-0.2, 0) is 21.2 Å². The van der Waals surface area contributed by atoms with E-state index >= 15 is 0 Å². The summed E-state index contributed by atoms with van der Waals surface area (Å²) in [7, 11) is -3.60. The standard InChI is InChI=1S/C12H12N4O3S/c17-12(13-8-11-14-9-15-16-11)6-7-20(18,19)10-4-2-1-3-5-10/h1-7,9H,8H2,(H,13,17)(H,14,15,16)/b7-6+. The van der Waals surface area contributed by atoms with Crippen molar-refractivity contribution in [3.63, 3.8) is 0 Å². The van der Waals surface area contributed by atoms with Gasteiger partial charge in [0, 0.05) is 11.5 Å². The number of sulfone groups is 1. The summed E-state index contributed by atoms with van der Waals surface area (Å²) in [6.45, 7) is 0.147. The molecule has 0 spiro atoms. The maximum absolute atomic E-state index is 11.9. The number of H-pyrrole nitrogens is 1. The predicted octanol–water partition coefficient (Wildman–Crippen LogP) is 0.408. The van der Waals surface area contributed by atoms with Gasteiger partial charge in [0.2, 0.25) is 5.91 Å². The van der Waals surface area contributed by atoms with Crippen molar-refractivity contribution in [1.82, 2.24) is 20.5 Å². The second-order valence-electron chi connectivity index (χ2n) is 3.81. The van der Waals surface area contributed by atoms with Gasteiger partial charge in [-0.25, -0.2) is 13.4 Å². The first-order valence-corrected chi connectivity index (χ1v) is 7.23. The molecule has 0 atom stereocenters. The topological polar surface area (TPSA) is 105 Å².